The van der Waals surface area contributed by atoms with Gasteiger partial charge in [-0.15, -0.1) is 10.2 Å². The van der Waals surface area contributed by atoms with E-state index in [0.29, 0.717) is 5.82 Å². The van der Waals surface area contributed by atoms with E-state index in [-0.39, 0.29) is 17.6 Å². The third-order valence-corrected chi connectivity index (χ3v) is 2.60. The monoisotopic (exact) mass is 258 g/mol. The summed E-state index contributed by atoms with van der Waals surface area (Å²) in [4.78, 5) is 15.9. The van der Waals surface area contributed by atoms with Gasteiger partial charge in [0.05, 0.1) is 6.04 Å². The summed E-state index contributed by atoms with van der Waals surface area (Å²) in [5, 5.41) is 10.3. The second-order valence-electron chi connectivity index (χ2n) is 3.92. The summed E-state index contributed by atoms with van der Waals surface area (Å²) in [6, 6.07) is 6.69. The number of nitrogens with one attached hydrogen (secondary N) is 2. The number of carbonyl (C=O) groups is 1. The fourth-order valence-corrected chi connectivity index (χ4v) is 1.54. The summed E-state index contributed by atoms with van der Waals surface area (Å²) in [6.45, 7) is 1.89. The van der Waals surface area contributed by atoms with Crippen LogP contribution in [0.2, 0.25) is 0 Å². The molecule has 0 bridgehead atoms. The van der Waals surface area contributed by atoms with Crippen LogP contribution in [0.25, 0.3) is 0 Å². The highest BCUT2D eigenvalue weighted by Gasteiger charge is 2.12. The molecule has 19 heavy (non-hydrogen) atoms. The predicted octanol–water partition coefficient (Wildman–Crippen LogP) is 0.648. The molecule has 0 aromatic carbocycles. The predicted molar refractivity (Wildman–Crippen MR) is 70.0 cm³/mol. The van der Waals surface area contributed by atoms with Crippen molar-refractivity contribution in [1.29, 1.82) is 0 Å². The van der Waals surface area contributed by atoms with E-state index >= 15 is 0 Å². The van der Waals surface area contributed by atoms with E-state index in [9.17, 15) is 4.79 Å². The summed E-state index contributed by atoms with van der Waals surface area (Å²) < 4.78 is 0. The lowest BCUT2D eigenvalue weighted by molar-refractivity contribution is 0.0934. The molecule has 7 heteroatoms. The molecule has 7 nitrogen and oxygen atoms in total. The lowest BCUT2D eigenvalue weighted by atomic mass is 10.1. The number of amides is 1. The van der Waals surface area contributed by atoms with Gasteiger partial charge in [-0.2, -0.15) is 0 Å². The summed E-state index contributed by atoms with van der Waals surface area (Å²) in [5.74, 6) is 5.28. The van der Waals surface area contributed by atoms with Crippen molar-refractivity contribution in [3.05, 3.63) is 47.9 Å². The molecule has 0 aliphatic rings. The van der Waals surface area contributed by atoms with Crippen molar-refractivity contribution in [2.75, 3.05) is 5.43 Å². The Morgan fingerprint density at radius 1 is 1.21 bits per heavy atom. The van der Waals surface area contributed by atoms with Crippen molar-refractivity contribution < 1.29 is 4.79 Å². The summed E-state index contributed by atoms with van der Waals surface area (Å²) in [5.41, 5.74) is 3.55. The molecule has 1 amide bonds. The maximum absolute atomic E-state index is 11.9. The van der Waals surface area contributed by atoms with Crippen LogP contribution in [0.1, 0.15) is 29.0 Å². The molecule has 0 radical (unpaired) electrons. The molecular weight excluding hydrogens is 244 g/mol. The van der Waals surface area contributed by atoms with Gasteiger partial charge in [-0.1, -0.05) is 0 Å². The highest BCUT2D eigenvalue weighted by molar-refractivity contribution is 5.92. The largest absolute Gasteiger partial charge is 0.344 e. The van der Waals surface area contributed by atoms with Gasteiger partial charge in [0.1, 0.15) is 0 Å². The molecular formula is C12H14N6O. The van der Waals surface area contributed by atoms with Gasteiger partial charge >= 0.3 is 0 Å². The molecule has 2 aromatic rings. The lowest BCUT2D eigenvalue weighted by Gasteiger charge is -2.13. The summed E-state index contributed by atoms with van der Waals surface area (Å²) in [7, 11) is 0. The minimum absolute atomic E-state index is 0.135. The van der Waals surface area contributed by atoms with Crippen molar-refractivity contribution >= 4 is 11.7 Å². The van der Waals surface area contributed by atoms with E-state index in [1.807, 2.05) is 19.1 Å². The first-order chi connectivity index (χ1) is 9.20. The Balaban J connectivity index is 2.04. The van der Waals surface area contributed by atoms with Crippen LogP contribution in [-0.4, -0.2) is 21.1 Å². The zero-order valence-corrected chi connectivity index (χ0v) is 10.4. The van der Waals surface area contributed by atoms with Gasteiger partial charge in [0.25, 0.3) is 5.91 Å². The van der Waals surface area contributed by atoms with Crippen molar-refractivity contribution in [3.8, 4) is 0 Å². The Hall–Kier alpha value is -2.54. The Labute approximate surface area is 110 Å². The van der Waals surface area contributed by atoms with Crippen molar-refractivity contribution in [2.45, 2.75) is 13.0 Å². The van der Waals surface area contributed by atoms with Crippen molar-refractivity contribution in [2.24, 2.45) is 5.84 Å². The topological polar surface area (TPSA) is 106 Å². The maximum atomic E-state index is 11.9. The van der Waals surface area contributed by atoms with Crippen LogP contribution in [0.15, 0.2) is 36.7 Å². The number of carbonyl (C=O) groups excluding carboxylic acids is 1. The normalized spacial score (nSPS) is 11.7. The number of hydrogen-bond donors (Lipinski definition) is 3. The molecule has 0 aliphatic carbocycles. The smallest absolute Gasteiger partial charge is 0.272 e. The number of nitrogens with zero attached hydrogens (tertiary/aromatic N) is 3. The van der Waals surface area contributed by atoms with Gasteiger partial charge in [0.15, 0.2) is 11.5 Å². The zero-order valence-electron chi connectivity index (χ0n) is 10.4. The van der Waals surface area contributed by atoms with Crippen LogP contribution in [0.4, 0.5) is 5.82 Å². The number of rotatable bonds is 4. The Kier molecular flexibility index (Phi) is 3.99. The summed E-state index contributed by atoms with van der Waals surface area (Å²) in [6.07, 6.45) is 3.36. The number of nitrogens with two attached hydrogens (primary N) is 1. The number of hydrogen-bond acceptors (Lipinski definition) is 6. The second-order valence-corrected chi connectivity index (χ2v) is 3.92. The average molecular weight is 258 g/mol. The molecule has 0 fully saturated rings. The highest BCUT2D eigenvalue weighted by atomic mass is 16.2. The number of aromatic nitrogens is 3. The number of anilines is 1. The van der Waals surface area contributed by atoms with Crippen LogP contribution in [0.5, 0.6) is 0 Å². The number of pyridine rings is 1. The zero-order chi connectivity index (χ0) is 13.7. The van der Waals surface area contributed by atoms with E-state index in [1.54, 1.807) is 24.5 Å². The first kappa shape index (κ1) is 12.9. The van der Waals surface area contributed by atoms with Gasteiger partial charge in [-0.05, 0) is 36.8 Å². The molecule has 0 saturated heterocycles. The van der Waals surface area contributed by atoms with Gasteiger partial charge in [0.2, 0.25) is 0 Å². The van der Waals surface area contributed by atoms with Crippen LogP contribution < -0.4 is 16.6 Å². The van der Waals surface area contributed by atoms with E-state index in [2.05, 4.69) is 25.9 Å². The van der Waals surface area contributed by atoms with E-state index in [1.165, 1.54) is 0 Å². The first-order valence-electron chi connectivity index (χ1n) is 5.72. The third-order valence-electron chi connectivity index (χ3n) is 2.60. The SMILES string of the molecule is CC(NC(=O)c1ccc(NN)nn1)c1ccncc1. The van der Waals surface area contributed by atoms with E-state index in [0.717, 1.165) is 5.56 Å². The molecule has 1 unspecified atom stereocenters. The molecule has 0 aliphatic heterocycles. The molecule has 2 heterocycles. The fourth-order valence-electron chi connectivity index (χ4n) is 1.54. The standard InChI is InChI=1S/C12H14N6O/c1-8(9-4-6-14-7-5-9)15-12(19)10-2-3-11(16-13)18-17-10/h2-8H,13H2,1H3,(H,15,19)(H,16,18). The van der Waals surface area contributed by atoms with Crippen LogP contribution in [0, 0.1) is 0 Å². The van der Waals surface area contributed by atoms with Crippen LogP contribution in [0.3, 0.4) is 0 Å². The maximum Gasteiger partial charge on any atom is 0.272 e. The lowest BCUT2D eigenvalue weighted by Crippen LogP contribution is -2.27. The fraction of sp³-hybridized carbons (Fsp3) is 0.167. The van der Waals surface area contributed by atoms with Crippen LogP contribution >= 0.6 is 0 Å². The molecule has 2 rings (SSSR count). The molecule has 98 valence electrons. The van der Waals surface area contributed by atoms with E-state index < -0.39 is 0 Å². The summed E-state index contributed by atoms with van der Waals surface area (Å²) >= 11 is 0. The van der Waals surface area contributed by atoms with Gasteiger partial charge in [-0.25, -0.2) is 5.84 Å². The quantitative estimate of drug-likeness (QED) is 0.549. The minimum Gasteiger partial charge on any atom is -0.344 e. The molecule has 1 atom stereocenters. The average Bonchev–Trinajstić information content (AvgIpc) is 2.48. The van der Waals surface area contributed by atoms with Gasteiger partial charge in [-0.3, -0.25) is 9.78 Å². The van der Waals surface area contributed by atoms with E-state index in [4.69, 9.17) is 5.84 Å². The number of hydrazine groups is 1. The third kappa shape index (κ3) is 3.23. The van der Waals surface area contributed by atoms with Gasteiger partial charge < -0.3 is 10.7 Å². The highest BCUT2D eigenvalue weighted by Crippen LogP contribution is 2.11. The van der Waals surface area contributed by atoms with Crippen molar-refractivity contribution in [1.82, 2.24) is 20.5 Å². The molecule has 2 aromatic heterocycles. The van der Waals surface area contributed by atoms with Crippen molar-refractivity contribution in [3.63, 3.8) is 0 Å². The number of nitrogen functional groups attached to an aromatic ring is 1. The minimum atomic E-state index is -0.291. The first-order valence-corrected chi connectivity index (χ1v) is 5.72. The molecule has 0 saturated carbocycles. The Morgan fingerprint density at radius 3 is 2.53 bits per heavy atom. The Bertz CT molecular complexity index is 542. The molecule has 4 N–H and O–H groups in total. The van der Waals surface area contributed by atoms with Crippen LogP contribution in [-0.2, 0) is 0 Å². The molecule has 0 spiro atoms. The van der Waals surface area contributed by atoms with Gasteiger partial charge in [0, 0.05) is 12.4 Å². The Morgan fingerprint density at radius 2 is 1.95 bits per heavy atom. The second kappa shape index (κ2) is 5.87.